The lowest BCUT2D eigenvalue weighted by molar-refractivity contribution is 0.0747. The highest BCUT2D eigenvalue weighted by Gasteiger charge is 2.27. The molecular weight excluding hydrogens is 470 g/mol. The molecule has 2 aromatic heterocycles. The van der Waals surface area contributed by atoms with E-state index in [9.17, 15) is 4.79 Å². The van der Waals surface area contributed by atoms with Crippen molar-refractivity contribution in [3.63, 3.8) is 0 Å². The van der Waals surface area contributed by atoms with Crippen molar-refractivity contribution in [1.82, 2.24) is 19.4 Å². The molecule has 3 heterocycles. The standard InChI is InChI=1S/C29H24ClN5O/c30-25-14-8-7-13-23(25)29(36)34-17-15-33(16-18-34)27-26-24(21-9-3-1-4-10-21)19-35(28(26)32-20-31-27)22-11-5-2-6-12-22/h1-14,19-20H,15-18H2. The summed E-state index contributed by atoms with van der Waals surface area (Å²) < 4.78 is 2.13. The lowest BCUT2D eigenvalue weighted by atomic mass is 10.1. The van der Waals surface area contributed by atoms with E-state index in [1.165, 1.54) is 0 Å². The molecule has 0 atom stereocenters. The van der Waals surface area contributed by atoms with Crippen LogP contribution in [0.1, 0.15) is 10.4 Å². The van der Waals surface area contributed by atoms with Gasteiger partial charge in [0.25, 0.3) is 5.91 Å². The van der Waals surface area contributed by atoms with Crippen LogP contribution in [0.4, 0.5) is 5.82 Å². The minimum atomic E-state index is -0.0340. The van der Waals surface area contributed by atoms with Crippen LogP contribution in [0.15, 0.2) is 97.5 Å². The third-order valence-corrected chi connectivity index (χ3v) is 6.98. The summed E-state index contributed by atoms with van der Waals surface area (Å²) >= 11 is 6.28. The maximum Gasteiger partial charge on any atom is 0.255 e. The molecule has 0 bridgehead atoms. The molecule has 1 fully saturated rings. The number of anilines is 1. The lowest BCUT2D eigenvalue weighted by Gasteiger charge is -2.35. The Bertz CT molecular complexity index is 1530. The van der Waals surface area contributed by atoms with E-state index in [0.717, 1.165) is 33.7 Å². The first-order valence-corrected chi connectivity index (χ1v) is 12.3. The minimum absolute atomic E-state index is 0.0340. The van der Waals surface area contributed by atoms with E-state index in [0.29, 0.717) is 36.8 Å². The largest absolute Gasteiger partial charge is 0.352 e. The molecule has 0 aliphatic carbocycles. The molecule has 5 aromatic rings. The van der Waals surface area contributed by atoms with E-state index < -0.39 is 0 Å². The molecule has 0 saturated carbocycles. The second-order valence-corrected chi connectivity index (χ2v) is 9.18. The van der Waals surface area contributed by atoms with Crippen LogP contribution in [0.5, 0.6) is 0 Å². The fraction of sp³-hybridized carbons (Fsp3) is 0.138. The van der Waals surface area contributed by atoms with Crippen LogP contribution in [-0.4, -0.2) is 51.5 Å². The van der Waals surface area contributed by atoms with E-state index in [1.807, 2.05) is 53.4 Å². The smallest absolute Gasteiger partial charge is 0.255 e. The van der Waals surface area contributed by atoms with Crippen molar-refractivity contribution in [3.8, 4) is 16.8 Å². The van der Waals surface area contributed by atoms with Crippen molar-refractivity contribution in [1.29, 1.82) is 0 Å². The van der Waals surface area contributed by atoms with Gasteiger partial charge in [0.2, 0.25) is 0 Å². The second-order valence-electron chi connectivity index (χ2n) is 8.77. The van der Waals surface area contributed by atoms with Crippen LogP contribution < -0.4 is 4.90 Å². The molecule has 0 N–H and O–H groups in total. The number of benzene rings is 3. The predicted molar refractivity (Wildman–Crippen MR) is 144 cm³/mol. The van der Waals surface area contributed by atoms with E-state index >= 15 is 0 Å². The van der Waals surface area contributed by atoms with Gasteiger partial charge in [0.15, 0.2) is 5.65 Å². The van der Waals surface area contributed by atoms with Crippen molar-refractivity contribution in [2.75, 3.05) is 31.1 Å². The number of carbonyl (C=O) groups is 1. The molecular formula is C29H24ClN5O. The van der Waals surface area contributed by atoms with E-state index in [1.54, 1.807) is 18.5 Å². The third-order valence-electron chi connectivity index (χ3n) is 6.65. The van der Waals surface area contributed by atoms with Crippen molar-refractivity contribution in [2.24, 2.45) is 0 Å². The summed E-state index contributed by atoms with van der Waals surface area (Å²) in [6.45, 7) is 2.53. The number of aromatic nitrogens is 3. The molecule has 36 heavy (non-hydrogen) atoms. The molecule has 6 rings (SSSR count). The van der Waals surface area contributed by atoms with E-state index in [4.69, 9.17) is 21.6 Å². The maximum absolute atomic E-state index is 13.1. The molecule has 0 spiro atoms. The zero-order chi connectivity index (χ0) is 24.5. The monoisotopic (exact) mass is 493 g/mol. The normalized spacial score (nSPS) is 13.8. The van der Waals surface area contributed by atoms with E-state index in [-0.39, 0.29) is 5.91 Å². The summed E-state index contributed by atoms with van der Waals surface area (Å²) in [5.41, 5.74) is 4.65. The van der Waals surface area contributed by atoms with Gasteiger partial charge in [0.1, 0.15) is 12.1 Å². The highest BCUT2D eigenvalue weighted by molar-refractivity contribution is 6.33. The fourth-order valence-electron chi connectivity index (χ4n) is 4.83. The maximum atomic E-state index is 13.1. The number of hydrogen-bond acceptors (Lipinski definition) is 4. The Morgan fingerprint density at radius 1 is 0.778 bits per heavy atom. The molecule has 6 nitrogen and oxygen atoms in total. The summed E-state index contributed by atoms with van der Waals surface area (Å²) in [7, 11) is 0. The van der Waals surface area contributed by atoms with Gasteiger partial charge in [-0.3, -0.25) is 4.79 Å². The third kappa shape index (κ3) is 3.99. The Balaban J connectivity index is 1.37. The van der Waals surface area contributed by atoms with Crippen LogP contribution in [0.25, 0.3) is 27.8 Å². The molecule has 1 amide bonds. The number of para-hydroxylation sites is 1. The predicted octanol–water partition coefficient (Wildman–Crippen LogP) is 5.70. The topological polar surface area (TPSA) is 54.3 Å². The van der Waals surface area contributed by atoms with Gasteiger partial charge in [0, 0.05) is 43.6 Å². The highest BCUT2D eigenvalue weighted by atomic mass is 35.5. The summed E-state index contributed by atoms with van der Waals surface area (Å²) in [4.78, 5) is 26.6. The molecule has 0 unspecified atom stereocenters. The van der Waals surface area contributed by atoms with Crippen LogP contribution in [0.2, 0.25) is 5.02 Å². The zero-order valence-corrected chi connectivity index (χ0v) is 20.3. The summed E-state index contributed by atoms with van der Waals surface area (Å²) in [6, 6.07) is 27.8. The first kappa shape index (κ1) is 22.3. The second kappa shape index (κ2) is 9.47. The Morgan fingerprint density at radius 2 is 1.44 bits per heavy atom. The quantitative estimate of drug-likeness (QED) is 0.322. The number of amides is 1. The highest BCUT2D eigenvalue weighted by Crippen LogP contribution is 2.37. The van der Waals surface area contributed by atoms with Gasteiger partial charge in [-0.05, 0) is 29.8 Å². The Hall–Kier alpha value is -4.16. The van der Waals surface area contributed by atoms with Gasteiger partial charge in [0.05, 0.1) is 16.0 Å². The average Bonchev–Trinajstić information content (AvgIpc) is 3.34. The Kier molecular flexibility index (Phi) is 5.87. The molecule has 0 radical (unpaired) electrons. The van der Waals surface area contributed by atoms with Gasteiger partial charge in [-0.2, -0.15) is 0 Å². The van der Waals surface area contributed by atoms with Gasteiger partial charge in [-0.1, -0.05) is 72.3 Å². The molecule has 3 aromatic carbocycles. The summed E-state index contributed by atoms with van der Waals surface area (Å²) in [6.07, 6.45) is 3.78. The number of halogens is 1. The van der Waals surface area contributed by atoms with Crippen molar-refractivity contribution < 1.29 is 4.79 Å². The van der Waals surface area contributed by atoms with Gasteiger partial charge in [-0.15, -0.1) is 0 Å². The molecule has 7 heteroatoms. The fourth-order valence-corrected chi connectivity index (χ4v) is 5.05. The minimum Gasteiger partial charge on any atom is -0.352 e. The Labute approximate surface area is 214 Å². The summed E-state index contributed by atoms with van der Waals surface area (Å²) in [5.74, 6) is 0.853. The van der Waals surface area contributed by atoms with Crippen LogP contribution in [0, 0.1) is 0 Å². The number of fused-ring (bicyclic) bond motifs is 1. The summed E-state index contributed by atoms with van der Waals surface area (Å²) in [5, 5.41) is 1.50. The van der Waals surface area contributed by atoms with Crippen LogP contribution >= 0.6 is 11.6 Å². The molecule has 1 aliphatic heterocycles. The number of carbonyl (C=O) groups excluding carboxylic acids is 1. The SMILES string of the molecule is O=C(c1ccccc1Cl)N1CCN(c2ncnc3c2c(-c2ccccc2)cn3-c2ccccc2)CC1. The lowest BCUT2D eigenvalue weighted by Crippen LogP contribution is -2.49. The number of piperazine rings is 1. The van der Waals surface area contributed by atoms with E-state index in [2.05, 4.69) is 39.9 Å². The number of nitrogens with zero attached hydrogens (tertiary/aromatic N) is 5. The first-order chi connectivity index (χ1) is 17.7. The van der Waals surface area contributed by atoms with Crippen molar-refractivity contribution >= 4 is 34.4 Å². The van der Waals surface area contributed by atoms with Crippen LogP contribution in [0.3, 0.4) is 0 Å². The van der Waals surface area contributed by atoms with Gasteiger partial charge >= 0.3 is 0 Å². The van der Waals surface area contributed by atoms with Crippen LogP contribution in [-0.2, 0) is 0 Å². The van der Waals surface area contributed by atoms with Crippen molar-refractivity contribution in [3.05, 3.63) is 108 Å². The average molecular weight is 494 g/mol. The molecule has 1 aliphatic rings. The molecule has 1 saturated heterocycles. The van der Waals surface area contributed by atoms with Gasteiger partial charge < -0.3 is 14.4 Å². The number of rotatable bonds is 4. The van der Waals surface area contributed by atoms with Gasteiger partial charge in [-0.25, -0.2) is 9.97 Å². The molecule has 178 valence electrons. The Morgan fingerprint density at radius 3 is 2.17 bits per heavy atom. The van der Waals surface area contributed by atoms with Crippen molar-refractivity contribution in [2.45, 2.75) is 0 Å². The first-order valence-electron chi connectivity index (χ1n) is 12.0. The number of hydrogen-bond donors (Lipinski definition) is 0. The zero-order valence-electron chi connectivity index (χ0n) is 19.6.